The minimum atomic E-state index is -4.49. The summed E-state index contributed by atoms with van der Waals surface area (Å²) < 4.78 is 39.1. The van der Waals surface area contributed by atoms with E-state index in [2.05, 4.69) is 14.4 Å². The third-order valence-electron chi connectivity index (χ3n) is 1.81. The smallest absolute Gasteiger partial charge is 0.266 e. The molecule has 0 aromatic carbocycles. The molecule has 0 spiro atoms. The summed E-state index contributed by atoms with van der Waals surface area (Å²) >= 11 is 0.808. The maximum absolute atomic E-state index is 11.8. The predicted octanol–water partition coefficient (Wildman–Crippen LogP) is 2.06. The molecule has 1 aromatic rings. The lowest BCUT2D eigenvalue weighted by Crippen LogP contribution is -2.30. The molecule has 0 saturated carbocycles. The number of halogens is 3. The number of aromatic nitrogens is 2. The van der Waals surface area contributed by atoms with E-state index in [1.54, 1.807) is 5.48 Å². The van der Waals surface area contributed by atoms with Crippen LogP contribution >= 0.6 is 11.5 Å². The summed E-state index contributed by atoms with van der Waals surface area (Å²) in [6.07, 6.45) is -4.49. The van der Waals surface area contributed by atoms with E-state index in [0.29, 0.717) is 5.69 Å². The zero-order chi connectivity index (χ0) is 14.0. The van der Waals surface area contributed by atoms with Gasteiger partial charge in [-0.1, -0.05) is 25.3 Å². The van der Waals surface area contributed by atoms with Crippen LogP contribution in [0.25, 0.3) is 0 Å². The summed E-state index contributed by atoms with van der Waals surface area (Å²) in [7, 11) is 0. The average Bonchev–Trinajstić information content (AvgIpc) is 2.62. The quantitative estimate of drug-likeness (QED) is 0.862. The molecule has 0 bridgehead atoms. The number of nitrogens with one attached hydrogen (secondary N) is 1. The number of hydrogen-bond donors (Lipinski definition) is 1. The van der Waals surface area contributed by atoms with Crippen molar-refractivity contribution in [3.63, 3.8) is 0 Å². The number of rotatable bonds is 3. The van der Waals surface area contributed by atoms with Crippen molar-refractivity contribution in [3.05, 3.63) is 10.6 Å². The number of hydroxylamine groups is 1. The summed E-state index contributed by atoms with van der Waals surface area (Å²) in [6.45, 7) is 3.90. The molecule has 0 radical (unpaired) electrons. The lowest BCUT2D eigenvalue weighted by atomic mass is 9.91. The van der Waals surface area contributed by atoms with Crippen molar-refractivity contribution in [3.8, 4) is 0 Å². The van der Waals surface area contributed by atoms with Gasteiger partial charge < -0.3 is 0 Å². The highest BCUT2D eigenvalue weighted by Crippen LogP contribution is 2.25. The van der Waals surface area contributed by atoms with E-state index >= 15 is 0 Å². The van der Waals surface area contributed by atoms with Crippen LogP contribution in [0.5, 0.6) is 0 Å². The minimum absolute atomic E-state index is 0.143. The summed E-state index contributed by atoms with van der Waals surface area (Å²) in [5.74, 6) is -0.779. The summed E-state index contributed by atoms with van der Waals surface area (Å²) in [4.78, 5) is 15.8. The van der Waals surface area contributed by atoms with Crippen LogP contribution in [0.3, 0.4) is 0 Å². The largest absolute Gasteiger partial charge is 0.414 e. The topological polar surface area (TPSA) is 64.1 Å². The fourth-order valence-corrected chi connectivity index (χ4v) is 1.82. The third-order valence-corrected chi connectivity index (χ3v) is 2.53. The first-order valence-corrected chi connectivity index (χ1v) is 5.70. The van der Waals surface area contributed by atoms with Gasteiger partial charge in [-0.3, -0.25) is 9.63 Å². The van der Waals surface area contributed by atoms with E-state index in [0.717, 1.165) is 11.5 Å². The van der Waals surface area contributed by atoms with Gasteiger partial charge in [-0.05, 0) is 11.5 Å². The Kier molecular flexibility index (Phi) is 4.28. The van der Waals surface area contributed by atoms with Crippen LogP contribution in [0.2, 0.25) is 0 Å². The monoisotopic (exact) mass is 283 g/mol. The molecular formula is C9H12F3N3O2S. The van der Waals surface area contributed by atoms with E-state index < -0.39 is 24.1 Å². The highest BCUT2D eigenvalue weighted by Gasteiger charge is 2.30. The summed E-state index contributed by atoms with van der Waals surface area (Å²) in [6, 6.07) is 0. The molecule has 0 fully saturated rings. The second-order valence-corrected chi connectivity index (χ2v) is 5.29. The van der Waals surface area contributed by atoms with Crippen LogP contribution in [-0.2, 0) is 10.3 Å². The number of nitrogens with zero attached hydrogens (tertiary/aromatic N) is 2. The molecule has 18 heavy (non-hydrogen) atoms. The fourth-order valence-electron chi connectivity index (χ4n) is 1.06. The molecule has 0 atom stereocenters. The Bertz CT molecular complexity index is 425. The van der Waals surface area contributed by atoms with Crippen molar-refractivity contribution >= 4 is 17.4 Å². The Hall–Kier alpha value is -1.22. The van der Waals surface area contributed by atoms with E-state index in [-0.39, 0.29) is 4.88 Å². The Labute approximate surface area is 105 Å². The minimum Gasteiger partial charge on any atom is -0.266 e. The molecule has 9 heteroatoms. The second-order valence-electron chi connectivity index (χ2n) is 4.54. The first kappa shape index (κ1) is 14.8. The Morgan fingerprint density at radius 2 is 2.00 bits per heavy atom. The molecule has 1 amide bonds. The average molecular weight is 283 g/mol. The molecule has 1 rings (SSSR count). The zero-order valence-corrected chi connectivity index (χ0v) is 10.8. The Morgan fingerprint density at radius 1 is 1.39 bits per heavy atom. The lowest BCUT2D eigenvalue weighted by molar-refractivity contribution is -0.184. The summed E-state index contributed by atoms with van der Waals surface area (Å²) in [5.41, 5.74) is 1.72. The van der Waals surface area contributed by atoms with E-state index in [1.165, 1.54) is 0 Å². The number of alkyl halides is 3. The fraction of sp³-hybridized carbons (Fsp3) is 0.667. The van der Waals surface area contributed by atoms with Crippen LogP contribution in [0.15, 0.2) is 0 Å². The van der Waals surface area contributed by atoms with Gasteiger partial charge in [0.25, 0.3) is 5.91 Å². The Morgan fingerprint density at radius 3 is 2.50 bits per heavy atom. The van der Waals surface area contributed by atoms with Gasteiger partial charge in [-0.25, -0.2) is 5.48 Å². The molecule has 102 valence electrons. The molecule has 1 aromatic heterocycles. The van der Waals surface area contributed by atoms with Crippen LogP contribution in [0.4, 0.5) is 13.2 Å². The van der Waals surface area contributed by atoms with Gasteiger partial charge in [0.1, 0.15) is 4.88 Å². The molecule has 1 heterocycles. The van der Waals surface area contributed by atoms with Gasteiger partial charge in [-0.15, -0.1) is 5.10 Å². The molecule has 0 aliphatic heterocycles. The van der Waals surface area contributed by atoms with Crippen molar-refractivity contribution in [1.29, 1.82) is 0 Å². The normalized spacial score (nSPS) is 12.6. The first-order valence-electron chi connectivity index (χ1n) is 4.93. The van der Waals surface area contributed by atoms with E-state index in [4.69, 9.17) is 0 Å². The van der Waals surface area contributed by atoms with Crippen LogP contribution in [0, 0.1) is 0 Å². The van der Waals surface area contributed by atoms with Gasteiger partial charge in [0.05, 0.1) is 5.69 Å². The number of hydrogen-bond acceptors (Lipinski definition) is 5. The van der Waals surface area contributed by atoms with Crippen molar-refractivity contribution in [2.75, 3.05) is 6.61 Å². The predicted molar refractivity (Wildman–Crippen MR) is 58.1 cm³/mol. The van der Waals surface area contributed by atoms with Crippen molar-refractivity contribution in [1.82, 2.24) is 15.1 Å². The first-order chi connectivity index (χ1) is 8.11. The molecule has 0 saturated heterocycles. The highest BCUT2D eigenvalue weighted by molar-refractivity contribution is 7.08. The van der Waals surface area contributed by atoms with Crippen LogP contribution in [-0.4, -0.2) is 28.3 Å². The Balaban J connectivity index is 2.66. The van der Waals surface area contributed by atoms with Gasteiger partial charge in [0, 0.05) is 5.41 Å². The van der Waals surface area contributed by atoms with Gasteiger partial charge >= 0.3 is 6.18 Å². The number of amides is 1. The standard InChI is InChI=1S/C9H12F3N3O2S/c1-8(2,3)6-5(18-15-13-6)7(16)14-17-4-9(10,11)12/h4H2,1-3H3,(H,14,16). The summed E-state index contributed by atoms with van der Waals surface area (Å²) in [5, 5.41) is 3.80. The maximum atomic E-state index is 11.8. The van der Waals surface area contributed by atoms with Gasteiger partial charge in [0.2, 0.25) is 0 Å². The molecule has 0 aliphatic rings. The molecule has 5 nitrogen and oxygen atoms in total. The zero-order valence-electron chi connectivity index (χ0n) is 9.96. The number of carbonyl (C=O) groups is 1. The second kappa shape index (κ2) is 5.19. The van der Waals surface area contributed by atoms with Crippen molar-refractivity contribution in [2.24, 2.45) is 0 Å². The maximum Gasteiger partial charge on any atom is 0.414 e. The van der Waals surface area contributed by atoms with Gasteiger partial charge in [0.15, 0.2) is 6.61 Å². The number of carbonyl (C=O) groups excluding carboxylic acids is 1. The SMILES string of the molecule is CC(C)(C)c1nnsc1C(=O)NOCC(F)(F)F. The van der Waals surface area contributed by atoms with Crippen LogP contribution in [0.1, 0.15) is 36.1 Å². The van der Waals surface area contributed by atoms with Gasteiger partial charge in [-0.2, -0.15) is 13.2 Å². The molecule has 1 N–H and O–H groups in total. The highest BCUT2D eigenvalue weighted by atomic mass is 32.1. The third kappa shape index (κ3) is 4.22. The van der Waals surface area contributed by atoms with Crippen molar-refractivity contribution in [2.45, 2.75) is 32.4 Å². The van der Waals surface area contributed by atoms with E-state index in [1.807, 2.05) is 20.8 Å². The molecular weight excluding hydrogens is 271 g/mol. The molecule has 0 unspecified atom stereocenters. The van der Waals surface area contributed by atoms with Crippen molar-refractivity contribution < 1.29 is 22.8 Å². The van der Waals surface area contributed by atoms with Crippen LogP contribution < -0.4 is 5.48 Å². The molecule has 0 aliphatic carbocycles. The lowest BCUT2D eigenvalue weighted by Gasteiger charge is -2.16. The van der Waals surface area contributed by atoms with E-state index in [9.17, 15) is 18.0 Å².